The fraction of sp³-hybridized carbons (Fsp3) is 0.231. The van der Waals surface area contributed by atoms with E-state index in [0.717, 1.165) is 12.1 Å². The van der Waals surface area contributed by atoms with Crippen LogP contribution in [0.5, 0.6) is 0 Å². The second-order valence-electron chi connectivity index (χ2n) is 3.92. The molecule has 0 aliphatic carbocycles. The van der Waals surface area contributed by atoms with Gasteiger partial charge in [0, 0.05) is 24.0 Å². The zero-order chi connectivity index (χ0) is 13.0. The van der Waals surface area contributed by atoms with Crippen LogP contribution in [0.3, 0.4) is 0 Å². The molecule has 0 aliphatic heterocycles. The lowest BCUT2D eigenvalue weighted by atomic mass is 10.1. The maximum Gasteiger partial charge on any atom is 0.137 e. The Bertz CT molecular complexity index is 502. The lowest BCUT2D eigenvalue weighted by molar-refractivity contribution is 0.542. The molecular weight excluding hydrogens is 315 g/mol. The molecule has 1 unspecified atom stereocenters. The number of halogens is 2. The average molecular weight is 329 g/mol. The first-order valence-electron chi connectivity index (χ1n) is 5.61. The molecule has 5 heteroatoms. The molecule has 18 heavy (non-hydrogen) atoms. The average Bonchev–Trinajstić information content (AvgIpc) is 2.87. The molecule has 1 aromatic carbocycles. The molecule has 0 saturated carbocycles. The van der Waals surface area contributed by atoms with Crippen molar-refractivity contribution in [3.8, 4) is 0 Å². The normalized spacial score (nSPS) is 12.6. The second kappa shape index (κ2) is 6.43. The molecule has 3 N–H and O–H groups in total. The van der Waals surface area contributed by atoms with Gasteiger partial charge in [0.25, 0.3) is 0 Å². The first-order chi connectivity index (χ1) is 8.70. The van der Waals surface area contributed by atoms with E-state index in [-0.39, 0.29) is 11.9 Å². The van der Waals surface area contributed by atoms with Crippen LogP contribution in [-0.4, -0.2) is 6.54 Å². The van der Waals surface area contributed by atoms with Crippen molar-refractivity contribution in [2.45, 2.75) is 12.6 Å². The molecule has 0 fully saturated rings. The summed E-state index contributed by atoms with van der Waals surface area (Å²) in [5.41, 5.74) is 6.75. The van der Waals surface area contributed by atoms with Crippen LogP contribution >= 0.6 is 27.3 Å². The van der Waals surface area contributed by atoms with Crippen LogP contribution in [0.1, 0.15) is 16.5 Å². The molecule has 0 radical (unpaired) electrons. The SMILES string of the molecule is NCC(NCc1cccs1)c1ccc(F)c(Br)c1. The van der Waals surface area contributed by atoms with E-state index < -0.39 is 0 Å². The van der Waals surface area contributed by atoms with Gasteiger partial charge in [-0.1, -0.05) is 12.1 Å². The standard InChI is InChI=1S/C13H14BrFN2S/c14-11-6-9(3-4-12(11)15)13(7-16)17-8-10-2-1-5-18-10/h1-6,13,17H,7-8,16H2. The van der Waals surface area contributed by atoms with Crippen LogP contribution in [0.2, 0.25) is 0 Å². The van der Waals surface area contributed by atoms with Crippen LogP contribution < -0.4 is 11.1 Å². The van der Waals surface area contributed by atoms with Gasteiger partial charge < -0.3 is 11.1 Å². The minimum Gasteiger partial charge on any atom is -0.329 e. The van der Waals surface area contributed by atoms with E-state index in [9.17, 15) is 4.39 Å². The van der Waals surface area contributed by atoms with Crippen molar-refractivity contribution in [3.63, 3.8) is 0 Å². The quantitative estimate of drug-likeness (QED) is 0.882. The summed E-state index contributed by atoms with van der Waals surface area (Å²) < 4.78 is 13.6. The van der Waals surface area contributed by atoms with Gasteiger partial charge >= 0.3 is 0 Å². The summed E-state index contributed by atoms with van der Waals surface area (Å²) in [5.74, 6) is -0.257. The van der Waals surface area contributed by atoms with Gasteiger partial charge in [-0.15, -0.1) is 11.3 Å². The summed E-state index contributed by atoms with van der Waals surface area (Å²) >= 11 is 4.90. The first-order valence-corrected chi connectivity index (χ1v) is 7.28. The number of nitrogens with one attached hydrogen (secondary N) is 1. The summed E-state index contributed by atoms with van der Waals surface area (Å²) in [6.45, 7) is 1.25. The molecular formula is C13H14BrFN2S. The summed E-state index contributed by atoms with van der Waals surface area (Å²) in [6.07, 6.45) is 0. The second-order valence-corrected chi connectivity index (χ2v) is 5.81. The van der Waals surface area contributed by atoms with E-state index in [1.807, 2.05) is 11.4 Å². The molecule has 0 amide bonds. The molecule has 0 spiro atoms. The first kappa shape index (κ1) is 13.7. The van der Waals surface area contributed by atoms with Gasteiger partial charge in [0.1, 0.15) is 5.82 Å². The minimum absolute atomic E-state index is 0.0315. The summed E-state index contributed by atoms with van der Waals surface area (Å²) in [5, 5.41) is 5.42. The number of thiophene rings is 1. The molecule has 1 aromatic heterocycles. The minimum atomic E-state index is -0.257. The van der Waals surface area contributed by atoms with Gasteiger partial charge in [-0.3, -0.25) is 0 Å². The van der Waals surface area contributed by atoms with Crippen molar-refractivity contribution >= 4 is 27.3 Å². The van der Waals surface area contributed by atoms with Gasteiger partial charge in [0.2, 0.25) is 0 Å². The van der Waals surface area contributed by atoms with Crippen LogP contribution in [-0.2, 0) is 6.54 Å². The Hall–Kier alpha value is -0.750. The molecule has 0 saturated heterocycles. The van der Waals surface area contributed by atoms with Gasteiger partial charge in [-0.25, -0.2) is 4.39 Å². The molecule has 1 heterocycles. The highest BCUT2D eigenvalue weighted by molar-refractivity contribution is 9.10. The summed E-state index contributed by atoms with van der Waals surface area (Å²) in [7, 11) is 0. The topological polar surface area (TPSA) is 38.0 Å². The Balaban J connectivity index is 2.05. The lowest BCUT2D eigenvalue weighted by Crippen LogP contribution is -2.27. The van der Waals surface area contributed by atoms with Crippen LogP contribution in [0.25, 0.3) is 0 Å². The highest BCUT2D eigenvalue weighted by Crippen LogP contribution is 2.21. The Morgan fingerprint density at radius 3 is 2.83 bits per heavy atom. The van der Waals surface area contributed by atoms with Gasteiger partial charge in [0.15, 0.2) is 0 Å². The van der Waals surface area contributed by atoms with E-state index in [4.69, 9.17) is 5.73 Å². The van der Waals surface area contributed by atoms with Crippen molar-refractivity contribution in [1.29, 1.82) is 0 Å². The van der Waals surface area contributed by atoms with E-state index in [1.165, 1.54) is 10.9 Å². The Morgan fingerprint density at radius 2 is 2.22 bits per heavy atom. The van der Waals surface area contributed by atoms with E-state index in [0.29, 0.717) is 11.0 Å². The fourth-order valence-corrected chi connectivity index (χ4v) is 2.76. The lowest BCUT2D eigenvalue weighted by Gasteiger charge is -2.17. The molecule has 2 aromatic rings. The third kappa shape index (κ3) is 3.38. The van der Waals surface area contributed by atoms with Gasteiger partial charge in [-0.2, -0.15) is 0 Å². The third-order valence-corrected chi connectivity index (χ3v) is 4.17. The molecule has 1 atom stereocenters. The van der Waals surface area contributed by atoms with Crippen LogP contribution in [0.4, 0.5) is 4.39 Å². The monoisotopic (exact) mass is 328 g/mol. The number of nitrogens with two attached hydrogens (primary N) is 1. The smallest absolute Gasteiger partial charge is 0.137 e. The molecule has 0 bridgehead atoms. The van der Waals surface area contributed by atoms with Crippen LogP contribution in [0, 0.1) is 5.82 Å². The zero-order valence-corrected chi connectivity index (χ0v) is 12.1. The van der Waals surface area contributed by atoms with Gasteiger partial charge in [0.05, 0.1) is 4.47 Å². The van der Waals surface area contributed by atoms with E-state index in [2.05, 4.69) is 27.3 Å². The highest BCUT2D eigenvalue weighted by atomic mass is 79.9. The number of rotatable bonds is 5. The highest BCUT2D eigenvalue weighted by Gasteiger charge is 2.11. The number of benzene rings is 1. The predicted octanol–water partition coefficient (Wildman–Crippen LogP) is 3.44. The fourth-order valence-electron chi connectivity index (χ4n) is 1.70. The van der Waals surface area contributed by atoms with Crippen molar-refractivity contribution in [1.82, 2.24) is 5.32 Å². The zero-order valence-electron chi connectivity index (χ0n) is 9.70. The van der Waals surface area contributed by atoms with E-state index >= 15 is 0 Å². The maximum absolute atomic E-state index is 13.2. The van der Waals surface area contributed by atoms with E-state index in [1.54, 1.807) is 23.5 Å². The van der Waals surface area contributed by atoms with Crippen molar-refractivity contribution in [2.24, 2.45) is 5.73 Å². The molecule has 2 nitrogen and oxygen atoms in total. The van der Waals surface area contributed by atoms with Crippen molar-refractivity contribution in [2.75, 3.05) is 6.54 Å². The maximum atomic E-state index is 13.2. The van der Waals surface area contributed by atoms with Crippen molar-refractivity contribution in [3.05, 3.63) is 56.4 Å². The number of hydrogen-bond donors (Lipinski definition) is 2. The molecule has 2 rings (SSSR count). The Labute approximate surface area is 118 Å². The molecule has 0 aliphatic rings. The Kier molecular flexibility index (Phi) is 4.88. The Morgan fingerprint density at radius 1 is 1.39 bits per heavy atom. The van der Waals surface area contributed by atoms with Crippen molar-refractivity contribution < 1.29 is 4.39 Å². The predicted molar refractivity (Wildman–Crippen MR) is 77.1 cm³/mol. The summed E-state index contributed by atoms with van der Waals surface area (Å²) in [6, 6.07) is 9.12. The van der Waals surface area contributed by atoms with Gasteiger partial charge in [-0.05, 0) is 45.1 Å². The number of hydrogen-bond acceptors (Lipinski definition) is 3. The van der Waals surface area contributed by atoms with Crippen LogP contribution in [0.15, 0.2) is 40.2 Å². The summed E-state index contributed by atoms with van der Waals surface area (Å²) in [4.78, 5) is 1.26. The molecule has 96 valence electrons. The largest absolute Gasteiger partial charge is 0.329 e. The third-order valence-electron chi connectivity index (χ3n) is 2.68.